The van der Waals surface area contributed by atoms with Crippen molar-refractivity contribution in [1.82, 2.24) is 4.98 Å². The van der Waals surface area contributed by atoms with Crippen LogP contribution in [0.1, 0.15) is 19.3 Å². The fraction of sp³-hybridized carbons (Fsp3) is 0.312. The average Bonchev–Trinajstić information content (AvgIpc) is 2.97. The number of carboxylic acid groups (broad SMARTS) is 1. The Balaban J connectivity index is 1.78. The molecule has 0 saturated heterocycles. The molecule has 1 aliphatic carbocycles. The van der Waals surface area contributed by atoms with Crippen molar-refractivity contribution in [2.24, 2.45) is 11.8 Å². The quantitative estimate of drug-likeness (QED) is 0.908. The number of rotatable bonds is 3. The number of hydrogen-bond donors (Lipinski definition) is 2. The second-order valence-electron chi connectivity index (χ2n) is 5.38. The van der Waals surface area contributed by atoms with E-state index in [1.54, 1.807) is 12.3 Å². The second-order valence-corrected chi connectivity index (χ2v) is 5.38. The molecule has 1 amide bonds. The van der Waals surface area contributed by atoms with E-state index in [0.29, 0.717) is 18.5 Å². The Bertz CT molecular complexity index is 699. The summed E-state index contributed by atoms with van der Waals surface area (Å²) in [5.41, 5.74) is 1.54. The molecule has 1 aromatic carbocycles. The van der Waals surface area contributed by atoms with E-state index in [9.17, 15) is 9.59 Å². The minimum atomic E-state index is -0.879. The maximum absolute atomic E-state index is 12.3. The Kier molecular flexibility index (Phi) is 3.56. The number of fused-ring (bicyclic) bond motifs is 1. The van der Waals surface area contributed by atoms with Gasteiger partial charge in [-0.15, -0.1) is 0 Å². The van der Waals surface area contributed by atoms with Crippen LogP contribution in [0.5, 0.6) is 0 Å². The number of aromatic nitrogens is 1. The number of carboxylic acids is 1. The first-order valence-electron chi connectivity index (χ1n) is 7.03. The summed E-state index contributed by atoms with van der Waals surface area (Å²) >= 11 is 0. The van der Waals surface area contributed by atoms with Gasteiger partial charge >= 0.3 is 5.97 Å². The second kappa shape index (κ2) is 5.52. The standard InChI is InChI=1S/C16H16N2O3/c19-15(12-4-1-5-13(12)16(20)21)18-11-6-7-14-10(9-11)3-2-8-17-14/h2-3,6-9,12-13H,1,4-5H2,(H,18,19)(H,20,21)/t12-,13+/m1/s1. The van der Waals surface area contributed by atoms with Crippen molar-refractivity contribution in [3.05, 3.63) is 36.5 Å². The number of amides is 1. The lowest BCUT2D eigenvalue weighted by molar-refractivity contribution is -0.145. The zero-order valence-electron chi connectivity index (χ0n) is 11.5. The molecule has 108 valence electrons. The van der Waals surface area contributed by atoms with Gasteiger partial charge in [0.2, 0.25) is 5.91 Å². The van der Waals surface area contributed by atoms with E-state index in [2.05, 4.69) is 10.3 Å². The molecule has 0 aliphatic heterocycles. The van der Waals surface area contributed by atoms with Gasteiger partial charge in [-0.05, 0) is 37.1 Å². The van der Waals surface area contributed by atoms with Crippen molar-refractivity contribution < 1.29 is 14.7 Å². The van der Waals surface area contributed by atoms with Crippen LogP contribution in [0.4, 0.5) is 5.69 Å². The first kappa shape index (κ1) is 13.5. The first-order chi connectivity index (χ1) is 10.1. The molecule has 0 radical (unpaired) electrons. The van der Waals surface area contributed by atoms with Gasteiger partial charge in [0.1, 0.15) is 0 Å². The molecule has 0 bridgehead atoms. The van der Waals surface area contributed by atoms with E-state index in [0.717, 1.165) is 17.3 Å². The monoisotopic (exact) mass is 284 g/mol. The molecular weight excluding hydrogens is 268 g/mol. The van der Waals surface area contributed by atoms with Gasteiger partial charge in [0.05, 0.1) is 17.4 Å². The molecule has 5 nitrogen and oxygen atoms in total. The van der Waals surface area contributed by atoms with Crippen molar-refractivity contribution in [3.63, 3.8) is 0 Å². The third-order valence-corrected chi connectivity index (χ3v) is 4.04. The van der Waals surface area contributed by atoms with Crippen molar-refractivity contribution in [1.29, 1.82) is 0 Å². The Morgan fingerprint density at radius 1 is 1.19 bits per heavy atom. The van der Waals surface area contributed by atoms with Crippen LogP contribution in [0.2, 0.25) is 0 Å². The van der Waals surface area contributed by atoms with E-state index < -0.39 is 17.8 Å². The van der Waals surface area contributed by atoms with Gasteiger partial charge in [-0.3, -0.25) is 14.6 Å². The van der Waals surface area contributed by atoms with Gasteiger partial charge in [0.15, 0.2) is 0 Å². The molecule has 1 aromatic heterocycles. The number of carbonyl (C=O) groups is 2. The van der Waals surface area contributed by atoms with Gasteiger partial charge in [-0.1, -0.05) is 12.5 Å². The lowest BCUT2D eigenvalue weighted by atomic mass is 9.95. The average molecular weight is 284 g/mol. The highest BCUT2D eigenvalue weighted by Gasteiger charge is 2.37. The van der Waals surface area contributed by atoms with Crippen LogP contribution in [-0.2, 0) is 9.59 Å². The Labute approximate surface area is 122 Å². The lowest BCUT2D eigenvalue weighted by Crippen LogP contribution is -2.29. The van der Waals surface area contributed by atoms with Crippen LogP contribution < -0.4 is 5.32 Å². The molecule has 1 aliphatic rings. The highest BCUT2D eigenvalue weighted by Crippen LogP contribution is 2.33. The Morgan fingerprint density at radius 3 is 2.81 bits per heavy atom. The number of benzene rings is 1. The minimum absolute atomic E-state index is 0.205. The number of nitrogens with one attached hydrogen (secondary N) is 1. The molecule has 0 unspecified atom stereocenters. The fourth-order valence-electron chi connectivity index (χ4n) is 2.96. The summed E-state index contributed by atoms with van der Waals surface area (Å²) in [6.45, 7) is 0. The van der Waals surface area contributed by atoms with Crippen LogP contribution in [-0.4, -0.2) is 22.0 Å². The van der Waals surface area contributed by atoms with Crippen molar-refractivity contribution in [3.8, 4) is 0 Å². The van der Waals surface area contributed by atoms with Gasteiger partial charge in [-0.25, -0.2) is 0 Å². The van der Waals surface area contributed by atoms with Crippen LogP contribution in [0.25, 0.3) is 10.9 Å². The van der Waals surface area contributed by atoms with Crippen LogP contribution in [0.3, 0.4) is 0 Å². The van der Waals surface area contributed by atoms with Gasteiger partial charge in [-0.2, -0.15) is 0 Å². The first-order valence-corrected chi connectivity index (χ1v) is 7.03. The molecule has 2 aromatic rings. The number of pyridine rings is 1. The summed E-state index contributed by atoms with van der Waals surface area (Å²) in [5, 5.41) is 12.9. The zero-order valence-corrected chi connectivity index (χ0v) is 11.5. The third kappa shape index (κ3) is 2.72. The Hall–Kier alpha value is -2.43. The molecule has 0 spiro atoms. The maximum atomic E-state index is 12.3. The molecule has 3 rings (SSSR count). The zero-order chi connectivity index (χ0) is 14.8. The van der Waals surface area contributed by atoms with Crippen molar-refractivity contribution in [2.45, 2.75) is 19.3 Å². The summed E-state index contributed by atoms with van der Waals surface area (Å²) in [7, 11) is 0. The van der Waals surface area contributed by atoms with Crippen LogP contribution in [0, 0.1) is 11.8 Å². The Morgan fingerprint density at radius 2 is 2.00 bits per heavy atom. The number of carbonyl (C=O) groups excluding carboxylic acids is 1. The van der Waals surface area contributed by atoms with Gasteiger partial charge in [0.25, 0.3) is 0 Å². The fourth-order valence-corrected chi connectivity index (χ4v) is 2.96. The molecule has 1 heterocycles. The highest BCUT2D eigenvalue weighted by molar-refractivity contribution is 5.97. The topological polar surface area (TPSA) is 79.3 Å². The molecule has 2 N–H and O–H groups in total. The largest absolute Gasteiger partial charge is 0.481 e. The lowest BCUT2D eigenvalue weighted by Gasteiger charge is -2.15. The van der Waals surface area contributed by atoms with E-state index in [1.807, 2.05) is 24.3 Å². The number of nitrogens with zero attached hydrogens (tertiary/aromatic N) is 1. The number of aliphatic carboxylic acids is 1. The minimum Gasteiger partial charge on any atom is -0.481 e. The van der Waals surface area contributed by atoms with E-state index >= 15 is 0 Å². The van der Waals surface area contributed by atoms with E-state index in [-0.39, 0.29) is 5.91 Å². The molecule has 1 saturated carbocycles. The molecule has 1 fully saturated rings. The normalized spacial score (nSPS) is 21.3. The van der Waals surface area contributed by atoms with E-state index in [1.165, 1.54) is 0 Å². The SMILES string of the molecule is O=C(O)[C@H]1CCC[C@H]1C(=O)Nc1ccc2ncccc2c1. The third-order valence-electron chi connectivity index (χ3n) is 4.04. The number of hydrogen-bond acceptors (Lipinski definition) is 3. The van der Waals surface area contributed by atoms with Crippen LogP contribution in [0.15, 0.2) is 36.5 Å². The van der Waals surface area contributed by atoms with E-state index in [4.69, 9.17) is 5.11 Å². The predicted octanol–water partition coefficient (Wildman–Crippen LogP) is 2.67. The molecule has 5 heteroatoms. The maximum Gasteiger partial charge on any atom is 0.307 e. The van der Waals surface area contributed by atoms with Gasteiger partial charge in [0, 0.05) is 17.3 Å². The smallest absolute Gasteiger partial charge is 0.307 e. The number of anilines is 1. The van der Waals surface area contributed by atoms with Crippen LogP contribution >= 0.6 is 0 Å². The summed E-state index contributed by atoms with van der Waals surface area (Å²) in [4.78, 5) is 27.7. The molecule has 2 atom stereocenters. The molecular formula is C16H16N2O3. The highest BCUT2D eigenvalue weighted by atomic mass is 16.4. The van der Waals surface area contributed by atoms with Gasteiger partial charge < -0.3 is 10.4 Å². The summed E-state index contributed by atoms with van der Waals surface area (Å²) in [6.07, 6.45) is 3.72. The summed E-state index contributed by atoms with van der Waals surface area (Å²) in [6, 6.07) is 9.25. The predicted molar refractivity (Wildman–Crippen MR) is 78.8 cm³/mol. The summed E-state index contributed by atoms with van der Waals surface area (Å²) in [5.74, 6) is -2.09. The summed E-state index contributed by atoms with van der Waals surface area (Å²) < 4.78 is 0. The molecule has 21 heavy (non-hydrogen) atoms. The van der Waals surface area contributed by atoms with Crippen molar-refractivity contribution in [2.75, 3.05) is 5.32 Å². The van der Waals surface area contributed by atoms with Crippen molar-refractivity contribution >= 4 is 28.5 Å².